The second-order valence-electron chi connectivity index (χ2n) is 5.15. The highest BCUT2D eigenvalue weighted by atomic mass is 35.5. The van der Waals surface area contributed by atoms with Gasteiger partial charge >= 0.3 is 11.9 Å². The van der Waals surface area contributed by atoms with E-state index in [4.69, 9.17) is 4.74 Å². The number of carbonyl (C=O) groups is 2. The van der Waals surface area contributed by atoms with Crippen LogP contribution in [-0.4, -0.2) is 40.6 Å². The Morgan fingerprint density at radius 2 is 1.81 bits per heavy atom. The van der Waals surface area contributed by atoms with E-state index in [1.807, 2.05) is 30.3 Å². The smallest absolute Gasteiger partial charge is 0.348 e. The number of esters is 1. The molecule has 5 nitrogen and oxygen atoms in total. The van der Waals surface area contributed by atoms with Crippen LogP contribution in [-0.2, 0) is 20.9 Å². The predicted molar refractivity (Wildman–Crippen MR) is 80.3 cm³/mol. The van der Waals surface area contributed by atoms with Gasteiger partial charge in [-0.25, -0.2) is 4.79 Å². The minimum Gasteiger partial charge on any atom is -0.478 e. The summed E-state index contributed by atoms with van der Waals surface area (Å²) in [6.07, 6.45) is 0.656. The number of carbonyl (C=O) groups excluding carboxylic acids is 1. The first kappa shape index (κ1) is 17.5. The summed E-state index contributed by atoms with van der Waals surface area (Å²) in [6, 6.07) is 10.0. The molecule has 1 aromatic carbocycles. The Morgan fingerprint density at radius 3 is 2.29 bits per heavy atom. The van der Waals surface area contributed by atoms with Crippen LogP contribution in [0, 0.1) is 0 Å². The van der Waals surface area contributed by atoms with E-state index < -0.39 is 17.5 Å². The number of ether oxygens (including phenoxy) is 1. The molecule has 0 spiro atoms. The van der Waals surface area contributed by atoms with E-state index in [0.29, 0.717) is 25.9 Å². The van der Waals surface area contributed by atoms with Gasteiger partial charge in [-0.05, 0) is 5.56 Å². The zero-order valence-electron chi connectivity index (χ0n) is 11.9. The van der Waals surface area contributed by atoms with Crippen LogP contribution in [0.15, 0.2) is 30.3 Å². The quantitative estimate of drug-likeness (QED) is 0.862. The fourth-order valence-electron chi connectivity index (χ4n) is 2.55. The molecule has 0 saturated carbocycles. The van der Waals surface area contributed by atoms with Crippen LogP contribution in [0.2, 0.25) is 0 Å². The van der Waals surface area contributed by atoms with Crippen molar-refractivity contribution in [3.05, 3.63) is 35.9 Å². The van der Waals surface area contributed by atoms with E-state index in [1.54, 1.807) is 0 Å². The van der Waals surface area contributed by atoms with Gasteiger partial charge in [-0.1, -0.05) is 30.3 Å². The van der Waals surface area contributed by atoms with E-state index in [2.05, 4.69) is 4.90 Å². The van der Waals surface area contributed by atoms with Gasteiger partial charge in [0.25, 0.3) is 0 Å². The van der Waals surface area contributed by atoms with Crippen LogP contribution in [0.3, 0.4) is 0 Å². The summed E-state index contributed by atoms with van der Waals surface area (Å²) in [5.74, 6) is -1.59. The van der Waals surface area contributed by atoms with Crippen molar-refractivity contribution in [2.75, 3.05) is 13.1 Å². The lowest BCUT2D eigenvalue weighted by Gasteiger charge is -2.38. The van der Waals surface area contributed by atoms with E-state index in [9.17, 15) is 14.7 Å². The highest BCUT2D eigenvalue weighted by Gasteiger charge is 2.44. The molecule has 2 rings (SSSR count). The molecule has 1 aliphatic rings. The van der Waals surface area contributed by atoms with Crippen LogP contribution in [0.25, 0.3) is 0 Å². The largest absolute Gasteiger partial charge is 0.478 e. The molecule has 1 aliphatic heterocycles. The average Bonchev–Trinajstić information content (AvgIpc) is 2.41. The first-order valence-corrected chi connectivity index (χ1v) is 6.71. The molecule has 0 unspecified atom stereocenters. The number of piperidine rings is 1. The van der Waals surface area contributed by atoms with E-state index in [-0.39, 0.29) is 12.4 Å². The van der Waals surface area contributed by atoms with Gasteiger partial charge in [-0.2, -0.15) is 0 Å². The Kier molecular flexibility index (Phi) is 6.18. The molecule has 0 amide bonds. The number of aliphatic carboxylic acids is 1. The molecular formula is C15H20ClNO4. The third-order valence-electron chi connectivity index (χ3n) is 3.64. The van der Waals surface area contributed by atoms with Crippen LogP contribution >= 0.6 is 12.4 Å². The van der Waals surface area contributed by atoms with E-state index >= 15 is 0 Å². The second kappa shape index (κ2) is 7.43. The highest BCUT2D eigenvalue weighted by molar-refractivity contribution is 5.85. The van der Waals surface area contributed by atoms with Crippen molar-refractivity contribution in [2.45, 2.75) is 31.9 Å². The minimum absolute atomic E-state index is 0. The summed E-state index contributed by atoms with van der Waals surface area (Å²) < 4.78 is 5.07. The number of hydrogen-bond acceptors (Lipinski definition) is 4. The maximum Gasteiger partial charge on any atom is 0.348 e. The third-order valence-corrected chi connectivity index (χ3v) is 3.64. The number of halogens is 1. The Labute approximate surface area is 130 Å². The second-order valence-corrected chi connectivity index (χ2v) is 5.15. The average molecular weight is 314 g/mol. The summed E-state index contributed by atoms with van der Waals surface area (Å²) in [5, 5.41) is 9.32. The maximum absolute atomic E-state index is 11.4. The molecule has 21 heavy (non-hydrogen) atoms. The Bertz CT molecular complexity index is 484. The molecule has 0 aromatic heterocycles. The molecule has 1 heterocycles. The van der Waals surface area contributed by atoms with Crippen molar-refractivity contribution >= 4 is 24.3 Å². The number of nitrogens with zero attached hydrogens (tertiary/aromatic N) is 1. The zero-order valence-corrected chi connectivity index (χ0v) is 12.8. The van der Waals surface area contributed by atoms with Gasteiger partial charge in [-0.3, -0.25) is 9.69 Å². The van der Waals surface area contributed by atoms with Crippen LogP contribution < -0.4 is 0 Å². The molecule has 1 N–H and O–H groups in total. The standard InChI is InChI=1S/C15H19NO4.ClH/c1-12(17)20-15(14(18)19)7-9-16(10-8-15)11-13-5-3-2-4-6-13;/h2-6H,7-11H2,1H3,(H,18,19);1H. The lowest BCUT2D eigenvalue weighted by molar-refractivity contribution is -0.183. The molecule has 1 saturated heterocycles. The molecule has 0 atom stereocenters. The van der Waals surface area contributed by atoms with Gasteiger partial charge in [0.15, 0.2) is 0 Å². The number of rotatable bonds is 4. The van der Waals surface area contributed by atoms with Crippen LogP contribution in [0.5, 0.6) is 0 Å². The molecule has 0 aliphatic carbocycles. The summed E-state index contributed by atoms with van der Waals surface area (Å²) >= 11 is 0. The Hall–Kier alpha value is -1.59. The molecular weight excluding hydrogens is 294 g/mol. The fourth-order valence-corrected chi connectivity index (χ4v) is 2.55. The summed E-state index contributed by atoms with van der Waals surface area (Å²) in [7, 11) is 0. The Balaban J connectivity index is 0.00000220. The van der Waals surface area contributed by atoms with Gasteiger partial charge in [-0.15, -0.1) is 12.4 Å². The van der Waals surface area contributed by atoms with Crippen molar-refractivity contribution in [2.24, 2.45) is 0 Å². The monoisotopic (exact) mass is 313 g/mol. The van der Waals surface area contributed by atoms with Crippen molar-refractivity contribution in [1.82, 2.24) is 4.90 Å². The van der Waals surface area contributed by atoms with Crippen molar-refractivity contribution < 1.29 is 19.4 Å². The lowest BCUT2D eigenvalue weighted by atomic mass is 9.91. The highest BCUT2D eigenvalue weighted by Crippen LogP contribution is 2.28. The predicted octanol–water partition coefficient (Wildman–Crippen LogP) is 2.09. The zero-order chi connectivity index (χ0) is 14.6. The van der Waals surface area contributed by atoms with Gasteiger partial charge in [0.05, 0.1) is 0 Å². The van der Waals surface area contributed by atoms with E-state index in [0.717, 1.165) is 6.54 Å². The molecule has 116 valence electrons. The summed E-state index contributed by atoms with van der Waals surface area (Å²) in [4.78, 5) is 24.7. The van der Waals surface area contributed by atoms with Crippen molar-refractivity contribution in [3.8, 4) is 0 Å². The SMILES string of the molecule is CC(=O)OC1(C(=O)O)CCN(Cc2ccccc2)CC1.Cl. The van der Waals surface area contributed by atoms with Gasteiger partial charge in [0, 0.05) is 39.4 Å². The van der Waals surface area contributed by atoms with Gasteiger partial charge in [0.2, 0.25) is 5.60 Å². The van der Waals surface area contributed by atoms with Crippen molar-refractivity contribution in [3.63, 3.8) is 0 Å². The first-order chi connectivity index (χ1) is 9.52. The molecule has 0 bridgehead atoms. The molecule has 1 aromatic rings. The van der Waals surface area contributed by atoms with Gasteiger partial charge in [0.1, 0.15) is 0 Å². The molecule has 1 fully saturated rings. The Morgan fingerprint density at radius 1 is 1.24 bits per heavy atom. The normalized spacial score (nSPS) is 17.6. The summed E-state index contributed by atoms with van der Waals surface area (Å²) in [6.45, 7) is 3.25. The molecule has 0 radical (unpaired) electrons. The van der Waals surface area contributed by atoms with Crippen molar-refractivity contribution in [1.29, 1.82) is 0 Å². The van der Waals surface area contributed by atoms with E-state index in [1.165, 1.54) is 12.5 Å². The topological polar surface area (TPSA) is 66.8 Å². The number of carboxylic acid groups (broad SMARTS) is 1. The number of hydrogen-bond donors (Lipinski definition) is 1. The first-order valence-electron chi connectivity index (χ1n) is 6.71. The van der Waals surface area contributed by atoms with Crippen LogP contribution in [0.4, 0.5) is 0 Å². The lowest BCUT2D eigenvalue weighted by Crippen LogP contribution is -2.51. The molecule has 6 heteroatoms. The fraction of sp³-hybridized carbons (Fsp3) is 0.467. The maximum atomic E-state index is 11.4. The number of likely N-dealkylation sites (tertiary alicyclic amines) is 1. The minimum atomic E-state index is -1.35. The number of carboxylic acids is 1. The van der Waals surface area contributed by atoms with Gasteiger partial charge < -0.3 is 9.84 Å². The number of benzene rings is 1. The van der Waals surface area contributed by atoms with Crippen LogP contribution in [0.1, 0.15) is 25.3 Å². The third kappa shape index (κ3) is 4.44. The summed E-state index contributed by atoms with van der Waals surface area (Å²) in [5.41, 5.74) is -0.151.